The van der Waals surface area contributed by atoms with Crippen LogP contribution in [-0.2, 0) is 5.33 Å². The minimum absolute atomic E-state index is 0.748. The van der Waals surface area contributed by atoms with E-state index in [1.54, 1.807) is 0 Å². The Morgan fingerprint density at radius 3 is 2.27 bits per heavy atom. The monoisotopic (exact) mass is 252 g/mol. The summed E-state index contributed by atoms with van der Waals surface area (Å²) in [6.07, 6.45) is 0. The van der Waals surface area contributed by atoms with Gasteiger partial charge in [-0.3, -0.25) is 0 Å². The fraction of sp³-hybridized carbons (Fsp3) is 0.250. The molecule has 0 aliphatic rings. The van der Waals surface area contributed by atoms with Crippen molar-refractivity contribution in [3.05, 3.63) is 33.3 Å². The third kappa shape index (κ3) is 1.90. The van der Waals surface area contributed by atoms with Crippen molar-refractivity contribution in [2.75, 3.05) is 0 Å². The van der Waals surface area contributed by atoms with E-state index in [9.17, 15) is 0 Å². The van der Waals surface area contributed by atoms with Gasteiger partial charge < -0.3 is 0 Å². The molecule has 0 aliphatic heterocycles. The molecule has 1 rings (SSSR count). The summed E-state index contributed by atoms with van der Waals surface area (Å²) < 4.78 is 0. The van der Waals surface area contributed by atoms with Crippen molar-refractivity contribution in [2.24, 2.45) is 0 Å². The van der Waals surface area contributed by atoms with Crippen molar-refractivity contribution in [2.45, 2.75) is 12.3 Å². The van der Waals surface area contributed by atoms with Crippen LogP contribution in [0, 0.1) is 6.92 Å². The normalized spacial score (nSPS) is 10.2. The maximum absolute atomic E-state index is 5.91. The van der Waals surface area contributed by atoms with Gasteiger partial charge in [0.15, 0.2) is 0 Å². The van der Waals surface area contributed by atoms with Crippen LogP contribution >= 0.6 is 39.1 Å². The van der Waals surface area contributed by atoms with Crippen molar-refractivity contribution >= 4 is 39.1 Å². The van der Waals surface area contributed by atoms with Gasteiger partial charge in [0.2, 0.25) is 0 Å². The molecule has 0 bridgehead atoms. The Morgan fingerprint density at radius 1 is 1.27 bits per heavy atom. The number of hydrogen-bond acceptors (Lipinski definition) is 0. The highest BCUT2D eigenvalue weighted by Crippen LogP contribution is 2.27. The van der Waals surface area contributed by atoms with Crippen LogP contribution in [0.5, 0.6) is 0 Å². The molecular weight excluding hydrogens is 247 g/mol. The summed E-state index contributed by atoms with van der Waals surface area (Å²) in [4.78, 5) is 0. The quantitative estimate of drug-likeness (QED) is 0.659. The number of alkyl halides is 1. The van der Waals surface area contributed by atoms with Crippen molar-refractivity contribution in [3.63, 3.8) is 0 Å². The lowest BCUT2D eigenvalue weighted by atomic mass is 10.1. The molecule has 60 valence electrons. The van der Waals surface area contributed by atoms with E-state index in [0.29, 0.717) is 0 Å². The molecule has 0 atom stereocenters. The molecule has 0 aromatic heterocycles. The zero-order valence-corrected chi connectivity index (χ0v) is 9.09. The summed E-state index contributed by atoms with van der Waals surface area (Å²) in [6, 6.07) is 3.62. The molecule has 1 aromatic rings. The average Bonchev–Trinajstić information content (AvgIpc) is 1.99. The maximum atomic E-state index is 5.91. The molecule has 0 heterocycles. The molecule has 0 unspecified atom stereocenters. The number of rotatable bonds is 1. The number of benzene rings is 1. The van der Waals surface area contributed by atoms with Crippen molar-refractivity contribution in [3.8, 4) is 0 Å². The van der Waals surface area contributed by atoms with Gasteiger partial charge in [-0.25, -0.2) is 0 Å². The molecule has 0 nitrogen and oxygen atoms in total. The van der Waals surface area contributed by atoms with E-state index in [1.165, 1.54) is 0 Å². The zero-order valence-electron chi connectivity index (χ0n) is 6.00. The first kappa shape index (κ1) is 9.37. The van der Waals surface area contributed by atoms with Gasteiger partial charge in [-0.1, -0.05) is 39.1 Å². The van der Waals surface area contributed by atoms with Gasteiger partial charge in [-0.15, -0.1) is 0 Å². The topological polar surface area (TPSA) is 0 Å². The predicted molar refractivity (Wildman–Crippen MR) is 53.8 cm³/mol. The second-order valence-corrected chi connectivity index (χ2v) is 3.64. The molecule has 3 heteroatoms. The minimum Gasteiger partial charge on any atom is -0.0876 e. The molecule has 0 saturated heterocycles. The van der Waals surface area contributed by atoms with Crippen LogP contribution in [0.3, 0.4) is 0 Å². The van der Waals surface area contributed by atoms with Crippen LogP contribution in [0.2, 0.25) is 10.0 Å². The van der Waals surface area contributed by atoms with Gasteiger partial charge >= 0.3 is 0 Å². The summed E-state index contributed by atoms with van der Waals surface area (Å²) in [5.41, 5.74) is 2.12. The highest BCUT2D eigenvalue weighted by molar-refractivity contribution is 9.08. The average molecular weight is 254 g/mol. The summed E-state index contributed by atoms with van der Waals surface area (Å²) in [7, 11) is 0. The minimum atomic E-state index is 0.748. The van der Waals surface area contributed by atoms with Crippen LogP contribution in [0.4, 0.5) is 0 Å². The first-order chi connectivity index (χ1) is 5.16. The van der Waals surface area contributed by atoms with E-state index in [2.05, 4.69) is 15.9 Å². The van der Waals surface area contributed by atoms with Crippen molar-refractivity contribution in [1.82, 2.24) is 0 Å². The summed E-state index contributed by atoms with van der Waals surface area (Å²) in [5.74, 6) is 0. The Hall–Kier alpha value is 0.280. The van der Waals surface area contributed by atoms with Gasteiger partial charge in [0.1, 0.15) is 0 Å². The van der Waals surface area contributed by atoms with Gasteiger partial charge in [0.25, 0.3) is 0 Å². The van der Waals surface area contributed by atoms with Crippen molar-refractivity contribution in [1.29, 1.82) is 0 Å². The van der Waals surface area contributed by atoms with E-state index in [4.69, 9.17) is 23.2 Å². The second-order valence-electron chi connectivity index (χ2n) is 2.27. The lowest BCUT2D eigenvalue weighted by molar-refractivity contribution is 1.32. The molecule has 0 spiro atoms. The van der Waals surface area contributed by atoms with Crippen LogP contribution in [0.25, 0.3) is 0 Å². The summed E-state index contributed by atoms with van der Waals surface area (Å²) in [6.45, 7) is 1.96. The van der Waals surface area contributed by atoms with E-state index in [0.717, 1.165) is 26.5 Å². The molecule has 0 radical (unpaired) electrons. The van der Waals surface area contributed by atoms with Crippen LogP contribution in [0.15, 0.2) is 12.1 Å². The molecule has 0 aliphatic carbocycles. The molecule has 0 amide bonds. The third-order valence-electron chi connectivity index (χ3n) is 1.61. The van der Waals surface area contributed by atoms with Gasteiger partial charge in [0, 0.05) is 15.4 Å². The van der Waals surface area contributed by atoms with E-state index in [-0.39, 0.29) is 0 Å². The molecule has 0 N–H and O–H groups in total. The Kier molecular flexibility index (Phi) is 3.23. The van der Waals surface area contributed by atoms with E-state index < -0.39 is 0 Å². The summed E-state index contributed by atoms with van der Waals surface area (Å²) >= 11 is 15.1. The van der Waals surface area contributed by atoms with Crippen LogP contribution in [0.1, 0.15) is 11.1 Å². The molecule has 0 fully saturated rings. The van der Waals surface area contributed by atoms with Crippen LogP contribution in [-0.4, -0.2) is 0 Å². The maximum Gasteiger partial charge on any atom is 0.0450 e. The molecule has 0 saturated carbocycles. The highest BCUT2D eigenvalue weighted by atomic mass is 79.9. The smallest absolute Gasteiger partial charge is 0.0450 e. The Labute approximate surface area is 84.6 Å². The van der Waals surface area contributed by atoms with Gasteiger partial charge in [-0.05, 0) is 30.2 Å². The fourth-order valence-corrected chi connectivity index (χ4v) is 2.19. The van der Waals surface area contributed by atoms with Gasteiger partial charge in [0.05, 0.1) is 0 Å². The predicted octanol–water partition coefficient (Wildman–Crippen LogP) is 4.20. The summed E-state index contributed by atoms with van der Waals surface area (Å²) in [5, 5.41) is 2.28. The number of halogens is 3. The largest absolute Gasteiger partial charge is 0.0876 e. The number of hydrogen-bond donors (Lipinski definition) is 0. The second kappa shape index (κ2) is 3.79. The van der Waals surface area contributed by atoms with E-state index in [1.807, 2.05) is 19.1 Å². The Morgan fingerprint density at radius 2 is 1.82 bits per heavy atom. The van der Waals surface area contributed by atoms with E-state index >= 15 is 0 Å². The van der Waals surface area contributed by atoms with Crippen molar-refractivity contribution < 1.29 is 0 Å². The molecule has 11 heavy (non-hydrogen) atoms. The Balaban J connectivity index is 3.29. The highest BCUT2D eigenvalue weighted by Gasteiger charge is 2.04. The molecular formula is C8H7BrCl2. The first-order valence-corrected chi connectivity index (χ1v) is 5.04. The SMILES string of the molecule is Cc1c(Cl)ccc(Cl)c1CBr. The first-order valence-electron chi connectivity index (χ1n) is 3.16. The lowest BCUT2D eigenvalue weighted by Gasteiger charge is -2.05. The zero-order chi connectivity index (χ0) is 8.43. The molecule has 1 aromatic carbocycles. The fourth-order valence-electron chi connectivity index (χ4n) is 0.859. The van der Waals surface area contributed by atoms with Crippen LogP contribution < -0.4 is 0 Å². The van der Waals surface area contributed by atoms with Gasteiger partial charge in [-0.2, -0.15) is 0 Å². The standard InChI is InChI=1S/C8H7BrCl2/c1-5-6(4-9)8(11)3-2-7(5)10/h2-3H,4H2,1H3. The lowest BCUT2D eigenvalue weighted by Crippen LogP contribution is -1.86. The Bertz CT molecular complexity index is 271. The third-order valence-corrected chi connectivity index (χ3v) is 2.93.